The zero-order valence-corrected chi connectivity index (χ0v) is 15.2. The molecule has 2 aliphatic rings. The molecule has 3 rings (SSSR count). The zero-order valence-electron chi connectivity index (χ0n) is 15.2. The van der Waals surface area contributed by atoms with Crippen LogP contribution in [0.4, 0.5) is 5.95 Å². The van der Waals surface area contributed by atoms with Gasteiger partial charge in [0.15, 0.2) is 0 Å². The minimum absolute atomic E-state index is 0.351. The van der Waals surface area contributed by atoms with E-state index in [9.17, 15) is 4.79 Å². The molecular weight excluding hydrogens is 320 g/mol. The minimum atomic E-state index is -0.365. The number of nitrogens with one attached hydrogen (secondary N) is 1. The lowest BCUT2D eigenvalue weighted by Gasteiger charge is -2.39. The standard InChI is InChI=1S/C18H28N4O3/c1-3-25-17(23)16-12-19-18(20-13(16)2)21-14-4-8-22(9-5-14)15-6-10-24-11-7-15/h12,14-15H,3-11H2,1-2H3,(H,19,20,21). The number of rotatable bonds is 5. The average molecular weight is 348 g/mol. The van der Waals surface area contributed by atoms with Gasteiger partial charge in [-0.25, -0.2) is 14.8 Å². The van der Waals surface area contributed by atoms with Crippen LogP contribution in [-0.2, 0) is 9.47 Å². The molecule has 2 aliphatic heterocycles. The van der Waals surface area contributed by atoms with E-state index >= 15 is 0 Å². The van der Waals surface area contributed by atoms with Gasteiger partial charge in [0.25, 0.3) is 0 Å². The Morgan fingerprint density at radius 2 is 2.04 bits per heavy atom. The van der Waals surface area contributed by atoms with Crippen LogP contribution in [0.5, 0.6) is 0 Å². The third kappa shape index (κ3) is 4.67. The fraction of sp³-hybridized carbons (Fsp3) is 0.722. The van der Waals surface area contributed by atoms with Crippen LogP contribution in [0.2, 0.25) is 0 Å². The van der Waals surface area contributed by atoms with Crippen molar-refractivity contribution >= 4 is 11.9 Å². The summed E-state index contributed by atoms with van der Waals surface area (Å²) in [6.45, 7) is 7.93. The Morgan fingerprint density at radius 3 is 2.68 bits per heavy atom. The van der Waals surface area contributed by atoms with E-state index in [1.54, 1.807) is 13.1 Å². The maximum absolute atomic E-state index is 11.8. The number of anilines is 1. The van der Waals surface area contributed by atoms with Gasteiger partial charge in [0.2, 0.25) is 5.95 Å². The number of aromatic nitrogens is 2. The van der Waals surface area contributed by atoms with Crippen molar-refractivity contribution in [1.82, 2.24) is 14.9 Å². The van der Waals surface area contributed by atoms with E-state index in [-0.39, 0.29) is 5.97 Å². The van der Waals surface area contributed by atoms with E-state index in [1.165, 1.54) is 0 Å². The molecule has 7 nitrogen and oxygen atoms in total. The molecule has 7 heteroatoms. The first-order valence-electron chi connectivity index (χ1n) is 9.26. The molecule has 25 heavy (non-hydrogen) atoms. The van der Waals surface area contributed by atoms with Gasteiger partial charge in [0.1, 0.15) is 0 Å². The van der Waals surface area contributed by atoms with Crippen molar-refractivity contribution < 1.29 is 14.3 Å². The molecule has 0 aromatic carbocycles. The summed E-state index contributed by atoms with van der Waals surface area (Å²) in [5.41, 5.74) is 1.08. The largest absolute Gasteiger partial charge is 0.462 e. The van der Waals surface area contributed by atoms with Gasteiger partial charge < -0.3 is 19.7 Å². The monoisotopic (exact) mass is 348 g/mol. The number of piperidine rings is 1. The van der Waals surface area contributed by atoms with Crippen LogP contribution in [-0.4, -0.2) is 65.8 Å². The Kier molecular flexibility index (Phi) is 6.20. The molecule has 0 saturated carbocycles. The zero-order chi connectivity index (χ0) is 17.6. The molecule has 1 aromatic heterocycles. The minimum Gasteiger partial charge on any atom is -0.462 e. The number of likely N-dealkylation sites (tertiary alicyclic amines) is 1. The van der Waals surface area contributed by atoms with Crippen LogP contribution < -0.4 is 5.32 Å². The number of esters is 1. The number of nitrogens with zero attached hydrogens (tertiary/aromatic N) is 3. The first kappa shape index (κ1) is 18.1. The van der Waals surface area contributed by atoms with Crippen LogP contribution >= 0.6 is 0 Å². The van der Waals surface area contributed by atoms with Gasteiger partial charge in [-0.05, 0) is 39.5 Å². The molecule has 0 atom stereocenters. The average Bonchev–Trinajstić information content (AvgIpc) is 2.63. The maximum Gasteiger partial charge on any atom is 0.341 e. The molecule has 0 bridgehead atoms. The molecule has 0 aliphatic carbocycles. The summed E-state index contributed by atoms with van der Waals surface area (Å²) in [7, 11) is 0. The number of aryl methyl sites for hydroxylation is 1. The van der Waals surface area contributed by atoms with E-state index < -0.39 is 0 Å². The molecule has 0 radical (unpaired) electrons. The van der Waals surface area contributed by atoms with E-state index in [4.69, 9.17) is 9.47 Å². The smallest absolute Gasteiger partial charge is 0.341 e. The number of hydrogen-bond donors (Lipinski definition) is 1. The maximum atomic E-state index is 11.8. The third-order valence-electron chi connectivity index (χ3n) is 5.04. The lowest BCUT2D eigenvalue weighted by Crippen LogP contribution is -2.46. The summed E-state index contributed by atoms with van der Waals surface area (Å²) in [5.74, 6) is 0.228. The summed E-state index contributed by atoms with van der Waals surface area (Å²) < 4.78 is 10.5. The predicted molar refractivity (Wildman–Crippen MR) is 94.8 cm³/mol. The third-order valence-corrected chi connectivity index (χ3v) is 5.04. The molecule has 138 valence electrons. The van der Waals surface area contributed by atoms with Crippen molar-refractivity contribution in [2.75, 3.05) is 38.2 Å². The van der Waals surface area contributed by atoms with Crippen molar-refractivity contribution in [1.29, 1.82) is 0 Å². The summed E-state index contributed by atoms with van der Waals surface area (Å²) >= 11 is 0. The molecule has 2 saturated heterocycles. The van der Waals surface area contributed by atoms with Gasteiger partial charge in [0.05, 0.1) is 17.9 Å². The van der Waals surface area contributed by atoms with E-state index in [0.29, 0.717) is 35.9 Å². The van der Waals surface area contributed by atoms with Crippen molar-refractivity contribution in [3.63, 3.8) is 0 Å². The first-order valence-corrected chi connectivity index (χ1v) is 9.26. The van der Waals surface area contributed by atoms with E-state index in [1.807, 2.05) is 6.92 Å². The number of carbonyl (C=O) groups is 1. The lowest BCUT2D eigenvalue weighted by molar-refractivity contribution is 0.0262. The highest BCUT2D eigenvalue weighted by Gasteiger charge is 2.26. The molecule has 2 fully saturated rings. The topological polar surface area (TPSA) is 76.6 Å². The number of hydrogen-bond acceptors (Lipinski definition) is 7. The molecule has 0 spiro atoms. The quantitative estimate of drug-likeness (QED) is 0.816. The highest BCUT2D eigenvalue weighted by molar-refractivity contribution is 5.90. The van der Waals surface area contributed by atoms with Crippen LogP contribution in [0.25, 0.3) is 0 Å². The molecule has 0 amide bonds. The Balaban J connectivity index is 1.51. The van der Waals surface area contributed by atoms with Crippen molar-refractivity contribution in [2.24, 2.45) is 0 Å². The van der Waals surface area contributed by atoms with Crippen LogP contribution in [0.15, 0.2) is 6.20 Å². The first-order chi connectivity index (χ1) is 12.2. The number of ether oxygens (including phenoxy) is 2. The highest BCUT2D eigenvalue weighted by Crippen LogP contribution is 2.21. The Labute approximate surface area is 149 Å². The molecule has 1 aromatic rings. The summed E-state index contributed by atoms with van der Waals surface area (Å²) in [5, 5.41) is 3.42. The van der Waals surface area contributed by atoms with Crippen molar-refractivity contribution in [2.45, 2.75) is 51.6 Å². The fourth-order valence-electron chi connectivity index (χ4n) is 3.59. The second kappa shape index (κ2) is 8.58. The second-order valence-corrected chi connectivity index (χ2v) is 6.71. The Morgan fingerprint density at radius 1 is 1.32 bits per heavy atom. The summed E-state index contributed by atoms with van der Waals surface area (Å²) in [6, 6.07) is 1.06. The van der Waals surface area contributed by atoms with E-state index in [2.05, 4.69) is 20.2 Å². The van der Waals surface area contributed by atoms with Gasteiger partial charge in [-0.2, -0.15) is 0 Å². The van der Waals surface area contributed by atoms with Crippen molar-refractivity contribution in [3.05, 3.63) is 17.5 Å². The van der Waals surface area contributed by atoms with Gasteiger partial charge in [-0.1, -0.05) is 0 Å². The fourth-order valence-corrected chi connectivity index (χ4v) is 3.59. The SMILES string of the molecule is CCOC(=O)c1cnc(NC2CCN(C3CCOCC3)CC2)nc1C. The highest BCUT2D eigenvalue weighted by atomic mass is 16.5. The van der Waals surface area contributed by atoms with Gasteiger partial charge >= 0.3 is 5.97 Å². The van der Waals surface area contributed by atoms with Crippen LogP contribution in [0.1, 0.15) is 48.7 Å². The summed E-state index contributed by atoms with van der Waals surface area (Å²) in [4.78, 5) is 23.1. The number of carbonyl (C=O) groups excluding carboxylic acids is 1. The normalized spacial score (nSPS) is 20.4. The second-order valence-electron chi connectivity index (χ2n) is 6.71. The van der Waals surface area contributed by atoms with Gasteiger partial charge in [-0.15, -0.1) is 0 Å². The Hall–Kier alpha value is -1.73. The molecule has 3 heterocycles. The lowest BCUT2D eigenvalue weighted by atomic mass is 10.00. The van der Waals surface area contributed by atoms with E-state index in [0.717, 1.165) is 52.0 Å². The van der Waals surface area contributed by atoms with Gasteiger partial charge in [-0.3, -0.25) is 0 Å². The van der Waals surface area contributed by atoms with Crippen molar-refractivity contribution in [3.8, 4) is 0 Å². The molecular formula is C18H28N4O3. The summed E-state index contributed by atoms with van der Waals surface area (Å²) in [6.07, 6.45) is 6.02. The van der Waals surface area contributed by atoms with Crippen LogP contribution in [0, 0.1) is 6.92 Å². The Bertz CT molecular complexity index is 582. The molecule has 0 unspecified atom stereocenters. The predicted octanol–water partition coefficient (Wildman–Crippen LogP) is 2.02. The van der Waals surface area contributed by atoms with Gasteiger partial charge in [0, 0.05) is 44.6 Å². The van der Waals surface area contributed by atoms with Crippen LogP contribution in [0.3, 0.4) is 0 Å². The molecule has 1 N–H and O–H groups in total.